The molecule has 3 aromatic heterocycles. The summed E-state index contributed by atoms with van der Waals surface area (Å²) in [6.07, 6.45) is 1.29. The van der Waals surface area contributed by atoms with Crippen LogP contribution in [0.15, 0.2) is 39.9 Å². The molecule has 1 N–H and O–H groups in total. The number of aryl methyl sites for hydroxylation is 1. The van der Waals surface area contributed by atoms with Crippen molar-refractivity contribution in [2.75, 3.05) is 0 Å². The van der Waals surface area contributed by atoms with E-state index in [4.69, 9.17) is 4.52 Å². The van der Waals surface area contributed by atoms with Crippen molar-refractivity contribution in [2.24, 2.45) is 7.05 Å². The van der Waals surface area contributed by atoms with E-state index < -0.39 is 4.92 Å². The van der Waals surface area contributed by atoms with E-state index in [0.717, 1.165) is 0 Å². The molecule has 0 radical (unpaired) electrons. The fraction of sp³-hybridized carbons (Fsp3) is 0.0714. The second kappa shape index (κ2) is 5.33. The smallest absolute Gasteiger partial charge is 0.358 e. The van der Waals surface area contributed by atoms with Gasteiger partial charge in [-0.05, 0) is 16.0 Å². The van der Waals surface area contributed by atoms with Crippen LogP contribution in [0.1, 0.15) is 0 Å². The van der Waals surface area contributed by atoms with E-state index in [1.165, 1.54) is 10.9 Å². The minimum atomic E-state index is -0.626. The second-order valence-electron chi connectivity index (χ2n) is 5.15. The summed E-state index contributed by atoms with van der Waals surface area (Å²) in [6.45, 7) is 0. The lowest BCUT2D eigenvalue weighted by atomic mass is 10.1. The van der Waals surface area contributed by atoms with Crippen molar-refractivity contribution in [2.45, 2.75) is 0 Å². The Morgan fingerprint density at radius 3 is 2.80 bits per heavy atom. The number of hydrogen-bond acceptors (Lipinski definition) is 8. The molecule has 0 aliphatic carbocycles. The average molecular weight is 339 g/mol. The van der Waals surface area contributed by atoms with Crippen molar-refractivity contribution in [3.05, 3.63) is 51.1 Å². The lowest BCUT2D eigenvalue weighted by Crippen LogP contribution is -2.09. The molecule has 0 saturated heterocycles. The first kappa shape index (κ1) is 14.7. The van der Waals surface area contributed by atoms with E-state index >= 15 is 0 Å². The molecule has 124 valence electrons. The van der Waals surface area contributed by atoms with Gasteiger partial charge in [-0.2, -0.15) is 10.1 Å². The SMILES string of the molecule is Cn1cnc([N+](=O)[O-])c1-c1noc(-c2n[nH]c(=O)c3ccccc23)n1. The number of hydrogen-bond donors (Lipinski definition) is 1. The van der Waals surface area contributed by atoms with Crippen molar-refractivity contribution in [3.8, 4) is 23.1 Å². The highest BCUT2D eigenvalue weighted by Gasteiger charge is 2.27. The molecule has 25 heavy (non-hydrogen) atoms. The third kappa shape index (κ3) is 2.25. The van der Waals surface area contributed by atoms with E-state index in [1.807, 2.05) is 0 Å². The topological polar surface area (TPSA) is 146 Å². The van der Waals surface area contributed by atoms with Crippen molar-refractivity contribution in [1.29, 1.82) is 0 Å². The van der Waals surface area contributed by atoms with Crippen LogP contribution in [0.4, 0.5) is 5.82 Å². The van der Waals surface area contributed by atoms with Crippen LogP contribution in [-0.2, 0) is 7.05 Å². The summed E-state index contributed by atoms with van der Waals surface area (Å²) in [5.74, 6) is -0.356. The van der Waals surface area contributed by atoms with Gasteiger partial charge in [0.25, 0.3) is 11.4 Å². The van der Waals surface area contributed by atoms with E-state index in [0.29, 0.717) is 10.8 Å². The lowest BCUT2D eigenvalue weighted by molar-refractivity contribution is -0.388. The van der Waals surface area contributed by atoms with Gasteiger partial charge in [0.1, 0.15) is 0 Å². The molecule has 0 atom stereocenters. The molecule has 0 fully saturated rings. The van der Waals surface area contributed by atoms with Crippen molar-refractivity contribution >= 4 is 16.6 Å². The third-order valence-corrected chi connectivity index (χ3v) is 3.63. The Hall–Kier alpha value is -3.89. The number of nitrogens with zero attached hydrogens (tertiary/aromatic N) is 6. The normalized spacial score (nSPS) is 11.1. The Kier molecular flexibility index (Phi) is 3.13. The molecule has 0 bridgehead atoms. The minimum Gasteiger partial charge on any atom is -0.358 e. The van der Waals surface area contributed by atoms with Gasteiger partial charge in [-0.1, -0.05) is 23.4 Å². The number of rotatable bonds is 3. The first-order valence-corrected chi connectivity index (χ1v) is 7.04. The number of aromatic amines is 1. The summed E-state index contributed by atoms with van der Waals surface area (Å²) in [6, 6.07) is 6.81. The summed E-state index contributed by atoms with van der Waals surface area (Å²) < 4.78 is 6.62. The highest BCUT2D eigenvalue weighted by molar-refractivity contribution is 5.91. The van der Waals surface area contributed by atoms with Crippen LogP contribution in [0.25, 0.3) is 33.9 Å². The standard InChI is InChI=1S/C14H9N7O4/c1-20-6-15-12(21(23)24)10(20)11-16-14(25-19-11)9-7-4-2-3-5-8(7)13(22)18-17-9/h2-6H,1H3,(H,18,22). The predicted octanol–water partition coefficient (Wildman–Crippen LogP) is 1.28. The highest BCUT2D eigenvalue weighted by Crippen LogP contribution is 2.29. The van der Waals surface area contributed by atoms with Crippen LogP contribution >= 0.6 is 0 Å². The Balaban J connectivity index is 1.89. The molecule has 4 aromatic rings. The summed E-state index contributed by atoms with van der Waals surface area (Å²) in [5.41, 5.74) is 0.0360. The monoisotopic (exact) mass is 339 g/mol. The molecule has 11 nitrogen and oxygen atoms in total. The van der Waals surface area contributed by atoms with Gasteiger partial charge in [0.2, 0.25) is 12.2 Å². The van der Waals surface area contributed by atoms with Gasteiger partial charge >= 0.3 is 5.82 Å². The van der Waals surface area contributed by atoms with Crippen molar-refractivity contribution in [1.82, 2.24) is 29.9 Å². The largest absolute Gasteiger partial charge is 0.393 e. The fourth-order valence-electron chi connectivity index (χ4n) is 2.50. The quantitative estimate of drug-likeness (QED) is 0.434. The van der Waals surface area contributed by atoms with Gasteiger partial charge in [0.05, 0.1) is 5.39 Å². The number of benzene rings is 1. The van der Waals surface area contributed by atoms with Crippen LogP contribution in [0.2, 0.25) is 0 Å². The van der Waals surface area contributed by atoms with E-state index in [-0.39, 0.29) is 34.5 Å². The van der Waals surface area contributed by atoms with E-state index in [1.54, 1.807) is 31.3 Å². The van der Waals surface area contributed by atoms with Crippen LogP contribution in [0, 0.1) is 10.1 Å². The van der Waals surface area contributed by atoms with Gasteiger partial charge in [-0.15, -0.1) is 0 Å². The van der Waals surface area contributed by atoms with Crippen LogP contribution in [-0.4, -0.2) is 34.8 Å². The number of nitro groups is 1. The highest BCUT2D eigenvalue weighted by atomic mass is 16.6. The average Bonchev–Trinajstić information content (AvgIpc) is 3.22. The zero-order chi connectivity index (χ0) is 17.6. The van der Waals surface area contributed by atoms with E-state index in [9.17, 15) is 14.9 Å². The summed E-state index contributed by atoms with van der Waals surface area (Å²) in [5, 5.41) is 22.1. The Bertz CT molecular complexity index is 1170. The number of nitrogens with one attached hydrogen (secondary N) is 1. The molecule has 3 heterocycles. The molecule has 0 unspecified atom stereocenters. The second-order valence-corrected chi connectivity index (χ2v) is 5.15. The Morgan fingerprint density at radius 1 is 1.28 bits per heavy atom. The molecule has 0 spiro atoms. The predicted molar refractivity (Wildman–Crippen MR) is 84.5 cm³/mol. The lowest BCUT2D eigenvalue weighted by Gasteiger charge is -1.99. The van der Waals surface area contributed by atoms with Crippen LogP contribution in [0.3, 0.4) is 0 Å². The van der Waals surface area contributed by atoms with Crippen molar-refractivity contribution < 1.29 is 9.45 Å². The zero-order valence-electron chi connectivity index (χ0n) is 12.7. The molecular formula is C14H9N7O4. The van der Waals surface area contributed by atoms with Gasteiger partial charge < -0.3 is 19.2 Å². The Morgan fingerprint density at radius 2 is 2.04 bits per heavy atom. The zero-order valence-corrected chi connectivity index (χ0v) is 12.7. The third-order valence-electron chi connectivity index (χ3n) is 3.63. The van der Waals surface area contributed by atoms with Crippen LogP contribution < -0.4 is 5.56 Å². The maximum Gasteiger partial charge on any atom is 0.393 e. The first-order valence-electron chi connectivity index (χ1n) is 7.04. The number of aromatic nitrogens is 6. The van der Waals surface area contributed by atoms with Gasteiger partial charge in [-0.25, -0.2) is 5.10 Å². The van der Waals surface area contributed by atoms with Gasteiger partial charge in [0.15, 0.2) is 11.4 Å². The number of imidazole rings is 1. The number of H-pyrrole nitrogens is 1. The van der Waals surface area contributed by atoms with Gasteiger partial charge in [0, 0.05) is 12.4 Å². The fourth-order valence-corrected chi connectivity index (χ4v) is 2.50. The Labute approximate surface area is 138 Å². The molecule has 1 aromatic carbocycles. The van der Waals surface area contributed by atoms with E-state index in [2.05, 4.69) is 25.3 Å². The van der Waals surface area contributed by atoms with Crippen LogP contribution in [0.5, 0.6) is 0 Å². The summed E-state index contributed by atoms with van der Waals surface area (Å²) in [7, 11) is 1.58. The maximum absolute atomic E-state index is 11.8. The summed E-state index contributed by atoms with van der Waals surface area (Å²) in [4.78, 5) is 30.2. The number of fused-ring (bicyclic) bond motifs is 1. The van der Waals surface area contributed by atoms with Gasteiger partial charge in [-0.3, -0.25) is 4.79 Å². The first-order chi connectivity index (χ1) is 12.1. The minimum absolute atomic E-state index is 0.00113. The molecule has 4 rings (SSSR count). The molecular weight excluding hydrogens is 330 g/mol. The molecule has 0 aliphatic rings. The van der Waals surface area contributed by atoms with Crippen molar-refractivity contribution in [3.63, 3.8) is 0 Å². The molecule has 11 heteroatoms. The molecule has 0 aliphatic heterocycles. The molecule has 0 saturated carbocycles. The summed E-state index contributed by atoms with van der Waals surface area (Å²) >= 11 is 0. The molecule has 0 amide bonds. The maximum atomic E-state index is 11.8.